The number of hydrogen-bond acceptors (Lipinski definition) is 3. The molecule has 0 saturated carbocycles. The molecule has 1 heterocycles. The van der Waals surface area contributed by atoms with E-state index < -0.39 is 5.97 Å². The van der Waals surface area contributed by atoms with Crippen molar-refractivity contribution in [3.63, 3.8) is 0 Å². The van der Waals surface area contributed by atoms with Crippen LogP contribution in [0.5, 0.6) is 0 Å². The Morgan fingerprint density at radius 2 is 1.52 bits per heavy atom. The molecule has 4 aliphatic carbocycles. The summed E-state index contributed by atoms with van der Waals surface area (Å²) in [7, 11) is 1.38. The molecule has 3 aromatic rings. The highest BCUT2D eigenvalue weighted by atomic mass is 16.5. The maximum Gasteiger partial charge on any atom is 0.373 e. The summed E-state index contributed by atoms with van der Waals surface area (Å²) in [5, 5.41) is 1.04. The summed E-state index contributed by atoms with van der Waals surface area (Å²) >= 11 is 0. The SMILES string of the molecule is COC(=O)c1cc2c3ccc(c2o1)CCc1ccc(cc1)CC3. The number of benzene rings is 2. The van der Waals surface area contributed by atoms with Gasteiger partial charge in [0, 0.05) is 5.39 Å². The predicted octanol–water partition coefficient (Wildman–Crippen LogP) is 4.10. The minimum atomic E-state index is -0.422. The Hall–Kier alpha value is -2.55. The van der Waals surface area contributed by atoms with Crippen molar-refractivity contribution in [1.29, 1.82) is 0 Å². The van der Waals surface area contributed by atoms with E-state index in [0.29, 0.717) is 0 Å². The zero-order chi connectivity index (χ0) is 15.8. The molecule has 23 heavy (non-hydrogen) atoms. The smallest absolute Gasteiger partial charge is 0.373 e. The van der Waals surface area contributed by atoms with Crippen molar-refractivity contribution < 1.29 is 13.9 Å². The lowest BCUT2D eigenvalue weighted by molar-refractivity contribution is 0.0567. The molecule has 0 unspecified atom stereocenters. The molecule has 2 aromatic carbocycles. The van der Waals surface area contributed by atoms with E-state index in [-0.39, 0.29) is 5.76 Å². The third-order valence-electron chi connectivity index (χ3n) is 4.63. The molecule has 116 valence electrons. The van der Waals surface area contributed by atoms with Gasteiger partial charge in [0.05, 0.1) is 7.11 Å². The molecule has 0 N–H and O–H groups in total. The molecule has 1 aromatic heterocycles. The number of hydrogen-bond donors (Lipinski definition) is 0. The monoisotopic (exact) mass is 306 g/mol. The molecule has 4 aliphatic rings. The molecule has 7 rings (SSSR count). The van der Waals surface area contributed by atoms with Crippen LogP contribution in [0.1, 0.15) is 32.8 Å². The Labute approximate surface area is 134 Å². The molecule has 0 aliphatic heterocycles. The van der Waals surface area contributed by atoms with Crippen LogP contribution in [-0.4, -0.2) is 13.1 Å². The van der Waals surface area contributed by atoms with Gasteiger partial charge in [-0.2, -0.15) is 0 Å². The number of furan rings is 1. The van der Waals surface area contributed by atoms with Gasteiger partial charge in [0.2, 0.25) is 5.76 Å². The molecule has 0 saturated heterocycles. The number of aryl methyl sites for hydroxylation is 4. The summed E-state index contributed by atoms with van der Waals surface area (Å²) < 4.78 is 10.6. The van der Waals surface area contributed by atoms with Crippen molar-refractivity contribution in [2.75, 3.05) is 7.11 Å². The zero-order valence-corrected chi connectivity index (χ0v) is 13.1. The standard InChI is InChI=1S/C20H18O3/c1-22-20(21)18-12-17-15-8-6-13-2-4-14(5-3-13)7-9-16(11-10-15)19(17)23-18/h2-5,10-12H,6-9H2,1H3. The Kier molecular flexibility index (Phi) is 3.41. The van der Waals surface area contributed by atoms with Gasteiger partial charge < -0.3 is 9.15 Å². The van der Waals surface area contributed by atoms with Gasteiger partial charge in [0.1, 0.15) is 5.58 Å². The third-order valence-corrected chi connectivity index (χ3v) is 4.63. The minimum absolute atomic E-state index is 0.283. The Bertz CT molecular complexity index is 808. The molecular weight excluding hydrogens is 288 g/mol. The van der Waals surface area contributed by atoms with Crippen LogP contribution >= 0.6 is 0 Å². The topological polar surface area (TPSA) is 39.4 Å². The number of rotatable bonds is 1. The van der Waals surface area contributed by atoms with E-state index in [1.54, 1.807) is 0 Å². The van der Waals surface area contributed by atoms with E-state index in [0.717, 1.165) is 42.2 Å². The van der Waals surface area contributed by atoms with Gasteiger partial charge in [0.25, 0.3) is 0 Å². The average Bonchev–Trinajstić information content (AvgIpc) is 3.02. The van der Waals surface area contributed by atoms with Crippen LogP contribution < -0.4 is 0 Å². The van der Waals surface area contributed by atoms with Crippen LogP contribution in [0.2, 0.25) is 0 Å². The van der Waals surface area contributed by atoms with Gasteiger partial charge in [0.15, 0.2) is 0 Å². The maximum atomic E-state index is 11.8. The molecule has 0 radical (unpaired) electrons. The zero-order valence-electron chi connectivity index (χ0n) is 13.1. The highest BCUT2D eigenvalue weighted by Crippen LogP contribution is 2.29. The number of carbonyl (C=O) groups is 1. The van der Waals surface area contributed by atoms with Crippen LogP contribution in [-0.2, 0) is 30.4 Å². The fourth-order valence-electron chi connectivity index (χ4n) is 3.28. The van der Waals surface area contributed by atoms with Crippen LogP contribution in [0.4, 0.5) is 0 Å². The lowest BCUT2D eigenvalue weighted by atomic mass is 9.94. The summed E-state index contributed by atoms with van der Waals surface area (Å²) in [5.41, 5.74) is 5.85. The predicted molar refractivity (Wildman–Crippen MR) is 88.8 cm³/mol. The highest BCUT2D eigenvalue weighted by Gasteiger charge is 2.17. The first-order chi connectivity index (χ1) is 11.2. The summed E-state index contributed by atoms with van der Waals surface area (Å²) in [6.07, 6.45) is 3.76. The van der Waals surface area contributed by atoms with Crippen LogP contribution in [0.15, 0.2) is 46.9 Å². The van der Waals surface area contributed by atoms with Crippen molar-refractivity contribution in [3.05, 3.63) is 70.5 Å². The number of methoxy groups -OCH3 is 1. The second-order valence-corrected chi connectivity index (χ2v) is 6.05. The molecule has 4 bridgehead atoms. The van der Waals surface area contributed by atoms with E-state index in [2.05, 4.69) is 36.4 Å². The summed E-state index contributed by atoms with van der Waals surface area (Å²) in [5.74, 6) is -0.139. The van der Waals surface area contributed by atoms with Gasteiger partial charge >= 0.3 is 5.97 Å². The molecule has 0 fully saturated rings. The van der Waals surface area contributed by atoms with E-state index in [1.165, 1.54) is 23.8 Å². The highest BCUT2D eigenvalue weighted by molar-refractivity contribution is 5.94. The average molecular weight is 306 g/mol. The fourth-order valence-corrected chi connectivity index (χ4v) is 3.28. The normalized spacial score (nSPS) is 13.8. The lowest BCUT2D eigenvalue weighted by Crippen LogP contribution is -1.98. The first-order valence-electron chi connectivity index (χ1n) is 7.95. The van der Waals surface area contributed by atoms with Crippen molar-refractivity contribution in [2.45, 2.75) is 25.7 Å². The van der Waals surface area contributed by atoms with E-state index in [4.69, 9.17) is 9.15 Å². The van der Waals surface area contributed by atoms with Crippen LogP contribution in [0.25, 0.3) is 11.0 Å². The van der Waals surface area contributed by atoms with Crippen molar-refractivity contribution >= 4 is 16.9 Å². The van der Waals surface area contributed by atoms with Crippen molar-refractivity contribution in [3.8, 4) is 0 Å². The largest absolute Gasteiger partial charge is 0.463 e. The Morgan fingerprint density at radius 1 is 0.913 bits per heavy atom. The van der Waals surface area contributed by atoms with Gasteiger partial charge in [-0.05, 0) is 54.0 Å². The second-order valence-electron chi connectivity index (χ2n) is 6.05. The minimum Gasteiger partial charge on any atom is -0.463 e. The maximum absolute atomic E-state index is 11.8. The first kappa shape index (κ1) is 14.1. The van der Waals surface area contributed by atoms with Crippen LogP contribution in [0.3, 0.4) is 0 Å². The van der Waals surface area contributed by atoms with Crippen molar-refractivity contribution in [2.24, 2.45) is 0 Å². The van der Waals surface area contributed by atoms with E-state index in [9.17, 15) is 4.79 Å². The number of esters is 1. The quantitative estimate of drug-likeness (QED) is 0.635. The molecule has 3 nitrogen and oxygen atoms in total. The Morgan fingerprint density at radius 3 is 2.17 bits per heavy atom. The third kappa shape index (κ3) is 2.52. The lowest BCUT2D eigenvalue weighted by Gasteiger charge is -2.10. The number of carbonyl (C=O) groups excluding carboxylic acids is 1. The molecule has 0 spiro atoms. The van der Waals surface area contributed by atoms with E-state index >= 15 is 0 Å². The Balaban J connectivity index is 1.86. The summed E-state index contributed by atoms with van der Waals surface area (Å²) in [6.45, 7) is 0. The molecule has 0 amide bonds. The van der Waals surface area contributed by atoms with Gasteiger partial charge in [-0.1, -0.05) is 36.4 Å². The van der Waals surface area contributed by atoms with Crippen LogP contribution in [0, 0.1) is 0 Å². The molecular formula is C20H18O3. The van der Waals surface area contributed by atoms with Gasteiger partial charge in [-0.25, -0.2) is 4.79 Å². The summed E-state index contributed by atoms with van der Waals surface area (Å²) in [6, 6.07) is 15.0. The van der Waals surface area contributed by atoms with Gasteiger partial charge in [-0.15, -0.1) is 0 Å². The molecule has 0 atom stereocenters. The fraction of sp³-hybridized carbons (Fsp3) is 0.250. The first-order valence-corrected chi connectivity index (χ1v) is 7.95. The molecule has 3 heteroatoms. The van der Waals surface area contributed by atoms with Crippen molar-refractivity contribution in [1.82, 2.24) is 0 Å². The van der Waals surface area contributed by atoms with Gasteiger partial charge in [-0.3, -0.25) is 0 Å². The second kappa shape index (κ2) is 5.58. The summed E-state index contributed by atoms with van der Waals surface area (Å²) in [4.78, 5) is 11.8. The number of ether oxygens (including phenoxy) is 1. The van der Waals surface area contributed by atoms with E-state index in [1.807, 2.05) is 6.07 Å².